The average Bonchev–Trinajstić information content (AvgIpc) is 2.96. The van der Waals surface area contributed by atoms with Crippen LogP contribution in [0.25, 0.3) is 33.2 Å². The fraction of sp³-hybridized carbons (Fsp3) is 0. The zero-order valence-corrected chi connectivity index (χ0v) is 20.2. The fourth-order valence-corrected chi connectivity index (χ4v) is 5.95. The molecule has 6 aromatic rings. The molecule has 7 rings (SSSR count). The molecule has 0 saturated carbocycles. The smallest absolute Gasteiger partial charge is 0.116 e. The summed E-state index contributed by atoms with van der Waals surface area (Å²) in [5.41, 5.74) is 9.11. The Labute approximate surface area is 214 Å². The lowest BCUT2D eigenvalue weighted by Crippen LogP contribution is -2.14. The van der Waals surface area contributed by atoms with Crippen molar-refractivity contribution in [2.75, 3.05) is 4.90 Å². The Morgan fingerprint density at radius 2 is 1.25 bits per heavy atom. The number of hydrogen-bond acceptors (Lipinski definition) is 4. The van der Waals surface area contributed by atoms with Crippen LogP contribution in [0.1, 0.15) is 0 Å². The highest BCUT2D eigenvalue weighted by molar-refractivity contribution is 7.99. The SMILES string of the molecule is c1ccc(-c2cc(-c3ccc(N4c5ccccc5Sc5ccccc54)cc3)cc3ncncc23)cc1. The number of rotatable bonds is 3. The molecule has 0 spiro atoms. The second-order valence-electron chi connectivity index (χ2n) is 8.77. The standard InChI is InChI=1S/C32H21N3S/c1-2-8-23(9-3-1)26-18-24(19-28-27(26)20-33-21-34-28)22-14-16-25(17-15-22)35-29-10-4-6-12-31(29)36-32-13-7-5-11-30(32)35/h1-21H. The van der Waals surface area contributed by atoms with Gasteiger partial charge in [-0.15, -0.1) is 0 Å². The zero-order valence-electron chi connectivity index (χ0n) is 19.4. The van der Waals surface area contributed by atoms with E-state index in [0.717, 1.165) is 38.8 Å². The van der Waals surface area contributed by atoms with Crippen LogP contribution in [-0.2, 0) is 0 Å². The van der Waals surface area contributed by atoms with Crippen LogP contribution in [0, 0.1) is 0 Å². The van der Waals surface area contributed by atoms with Crippen molar-refractivity contribution in [2.24, 2.45) is 0 Å². The van der Waals surface area contributed by atoms with Crippen LogP contribution in [-0.4, -0.2) is 9.97 Å². The summed E-state index contributed by atoms with van der Waals surface area (Å²) in [6, 6.07) is 40.9. The van der Waals surface area contributed by atoms with Gasteiger partial charge in [0.15, 0.2) is 0 Å². The molecule has 4 heteroatoms. The van der Waals surface area contributed by atoms with E-state index in [1.54, 1.807) is 6.33 Å². The number of benzene rings is 5. The molecule has 170 valence electrons. The molecule has 0 bridgehead atoms. The highest BCUT2D eigenvalue weighted by Gasteiger charge is 2.24. The minimum atomic E-state index is 0.946. The first-order chi connectivity index (χ1) is 17.8. The maximum Gasteiger partial charge on any atom is 0.116 e. The number of hydrogen-bond donors (Lipinski definition) is 0. The van der Waals surface area contributed by atoms with Crippen molar-refractivity contribution in [1.82, 2.24) is 9.97 Å². The van der Waals surface area contributed by atoms with Crippen molar-refractivity contribution >= 4 is 39.7 Å². The first-order valence-corrected chi connectivity index (χ1v) is 12.7. The van der Waals surface area contributed by atoms with Crippen molar-refractivity contribution in [2.45, 2.75) is 9.79 Å². The van der Waals surface area contributed by atoms with Crippen molar-refractivity contribution in [3.05, 3.63) is 128 Å². The molecule has 3 nitrogen and oxygen atoms in total. The van der Waals surface area contributed by atoms with E-state index in [0.29, 0.717) is 0 Å². The van der Waals surface area contributed by atoms with Crippen molar-refractivity contribution in [3.8, 4) is 22.3 Å². The lowest BCUT2D eigenvalue weighted by atomic mass is 9.95. The van der Waals surface area contributed by atoms with Gasteiger partial charge in [-0.1, -0.05) is 78.5 Å². The molecule has 0 atom stereocenters. The second-order valence-corrected chi connectivity index (χ2v) is 9.85. The Hall–Kier alpha value is -4.41. The van der Waals surface area contributed by atoms with Gasteiger partial charge < -0.3 is 4.90 Å². The van der Waals surface area contributed by atoms with E-state index in [2.05, 4.69) is 124 Å². The average molecular weight is 480 g/mol. The number of para-hydroxylation sites is 2. The fourth-order valence-electron chi connectivity index (χ4n) is 4.89. The Morgan fingerprint density at radius 1 is 0.583 bits per heavy atom. The first-order valence-electron chi connectivity index (χ1n) is 11.9. The van der Waals surface area contributed by atoms with E-state index < -0.39 is 0 Å². The molecule has 5 aromatic carbocycles. The van der Waals surface area contributed by atoms with Crippen LogP contribution in [0.2, 0.25) is 0 Å². The van der Waals surface area contributed by atoms with Gasteiger partial charge in [-0.3, -0.25) is 0 Å². The van der Waals surface area contributed by atoms with Gasteiger partial charge in [0.05, 0.1) is 16.9 Å². The van der Waals surface area contributed by atoms with E-state index in [4.69, 9.17) is 0 Å². The molecule has 0 aliphatic carbocycles. The number of aromatic nitrogens is 2. The summed E-state index contributed by atoms with van der Waals surface area (Å²) >= 11 is 1.83. The van der Waals surface area contributed by atoms with E-state index in [1.165, 1.54) is 21.2 Å². The first kappa shape index (κ1) is 20.9. The van der Waals surface area contributed by atoms with Gasteiger partial charge in [0.2, 0.25) is 0 Å². The minimum Gasteiger partial charge on any atom is -0.308 e. The zero-order chi connectivity index (χ0) is 23.9. The molecule has 1 aromatic heterocycles. The molecular weight excluding hydrogens is 458 g/mol. The molecule has 1 aliphatic rings. The van der Waals surface area contributed by atoms with Crippen molar-refractivity contribution in [3.63, 3.8) is 0 Å². The predicted molar refractivity (Wildman–Crippen MR) is 149 cm³/mol. The molecule has 0 N–H and O–H groups in total. The highest BCUT2D eigenvalue weighted by atomic mass is 32.2. The summed E-state index contributed by atoms with van der Waals surface area (Å²) < 4.78 is 0. The lowest BCUT2D eigenvalue weighted by molar-refractivity contribution is 1.17. The van der Waals surface area contributed by atoms with Crippen LogP contribution in [0.5, 0.6) is 0 Å². The van der Waals surface area contributed by atoms with Gasteiger partial charge in [-0.2, -0.15) is 0 Å². The topological polar surface area (TPSA) is 29.0 Å². The molecule has 1 aliphatic heterocycles. The summed E-state index contributed by atoms with van der Waals surface area (Å²) in [5, 5.41) is 1.06. The maximum atomic E-state index is 4.57. The number of nitrogens with zero attached hydrogens (tertiary/aromatic N) is 3. The Morgan fingerprint density at radius 3 is 1.97 bits per heavy atom. The quantitative estimate of drug-likeness (QED) is 0.253. The van der Waals surface area contributed by atoms with E-state index in [1.807, 2.05) is 24.0 Å². The van der Waals surface area contributed by atoms with Gasteiger partial charge in [0, 0.05) is 27.1 Å². The molecule has 0 saturated heterocycles. The molecule has 0 fully saturated rings. The molecule has 0 amide bonds. The monoisotopic (exact) mass is 479 g/mol. The summed E-state index contributed by atoms with van der Waals surface area (Å²) in [4.78, 5) is 13.7. The minimum absolute atomic E-state index is 0.946. The largest absolute Gasteiger partial charge is 0.308 e. The van der Waals surface area contributed by atoms with Gasteiger partial charge >= 0.3 is 0 Å². The normalized spacial score (nSPS) is 12.3. The van der Waals surface area contributed by atoms with Crippen LogP contribution < -0.4 is 4.90 Å². The Bertz CT molecular complexity index is 1670. The third kappa shape index (κ3) is 3.55. The highest BCUT2D eigenvalue weighted by Crippen LogP contribution is 2.51. The summed E-state index contributed by atoms with van der Waals surface area (Å²) in [6.45, 7) is 0. The van der Waals surface area contributed by atoms with Gasteiger partial charge in [0.1, 0.15) is 6.33 Å². The van der Waals surface area contributed by atoms with Crippen molar-refractivity contribution in [1.29, 1.82) is 0 Å². The summed E-state index contributed by atoms with van der Waals surface area (Å²) in [6.07, 6.45) is 3.52. The molecule has 36 heavy (non-hydrogen) atoms. The summed E-state index contributed by atoms with van der Waals surface area (Å²) in [7, 11) is 0. The molecular formula is C32H21N3S. The van der Waals surface area contributed by atoms with Crippen molar-refractivity contribution < 1.29 is 0 Å². The van der Waals surface area contributed by atoms with Gasteiger partial charge in [-0.25, -0.2) is 9.97 Å². The van der Waals surface area contributed by atoms with Crippen LogP contribution in [0.3, 0.4) is 0 Å². The van der Waals surface area contributed by atoms with Gasteiger partial charge in [0.25, 0.3) is 0 Å². The summed E-state index contributed by atoms with van der Waals surface area (Å²) in [5.74, 6) is 0. The molecule has 0 unspecified atom stereocenters. The van der Waals surface area contributed by atoms with E-state index in [9.17, 15) is 0 Å². The third-order valence-electron chi connectivity index (χ3n) is 6.60. The Kier molecular flexibility index (Phi) is 5.04. The predicted octanol–water partition coefficient (Wildman–Crippen LogP) is 8.90. The van der Waals surface area contributed by atoms with Crippen LogP contribution in [0.4, 0.5) is 17.1 Å². The van der Waals surface area contributed by atoms with E-state index in [-0.39, 0.29) is 0 Å². The van der Waals surface area contributed by atoms with Crippen LogP contribution in [0.15, 0.2) is 138 Å². The number of anilines is 3. The van der Waals surface area contributed by atoms with Crippen LogP contribution >= 0.6 is 11.8 Å². The second kappa shape index (κ2) is 8.67. The maximum absolute atomic E-state index is 4.57. The number of fused-ring (bicyclic) bond motifs is 3. The lowest BCUT2D eigenvalue weighted by Gasteiger charge is -2.32. The Balaban J connectivity index is 1.34. The molecule has 0 radical (unpaired) electrons. The van der Waals surface area contributed by atoms with Gasteiger partial charge in [-0.05, 0) is 70.8 Å². The molecule has 2 heterocycles. The third-order valence-corrected chi connectivity index (χ3v) is 7.73. The van der Waals surface area contributed by atoms with E-state index >= 15 is 0 Å².